The minimum absolute atomic E-state index is 0. The third-order valence-corrected chi connectivity index (χ3v) is 29.9. The lowest BCUT2D eigenvalue weighted by Crippen LogP contribution is -2.51. The predicted molar refractivity (Wildman–Crippen MR) is 609 cm³/mol. The van der Waals surface area contributed by atoms with Crippen LogP contribution in [-0.4, -0.2) is 0 Å². The zero-order chi connectivity index (χ0) is 94.7. The Morgan fingerprint density at radius 1 is 0.295 bits per heavy atom. The topological polar surface area (TPSA) is 0 Å². The van der Waals surface area contributed by atoms with Gasteiger partial charge in [0.25, 0.3) is 0 Å². The van der Waals surface area contributed by atoms with Gasteiger partial charge in [0, 0.05) is 0 Å². The molecule has 752 valence electrons. The Bertz CT molecular complexity index is 4230. The first-order chi connectivity index (χ1) is 56.8. The summed E-state index contributed by atoms with van der Waals surface area (Å²) in [5.74, 6) is 9.82. The van der Waals surface area contributed by atoms with Crippen LogP contribution in [0.25, 0.3) is 44.5 Å². The molecule has 8 saturated carbocycles. The van der Waals surface area contributed by atoms with E-state index in [2.05, 4.69) is 444 Å². The highest BCUT2D eigenvalue weighted by molar-refractivity contribution is 5.85. The normalized spacial score (nSPS) is 20.6. The molecule has 0 spiro atoms. The van der Waals surface area contributed by atoms with E-state index in [1.165, 1.54) is 138 Å². The summed E-state index contributed by atoms with van der Waals surface area (Å²) in [6.07, 6.45) is 24.1. The summed E-state index contributed by atoms with van der Waals surface area (Å²) in [6.45, 7) is 103. The quantitative estimate of drug-likeness (QED) is 0.142. The smallest absolute Gasteiger partial charge is 0.0111 e. The first-order valence-electron chi connectivity index (χ1n) is 50.7. The van der Waals surface area contributed by atoms with Crippen LogP contribution in [0.5, 0.6) is 0 Å². The van der Waals surface area contributed by atoms with E-state index >= 15 is 0 Å². The van der Waals surface area contributed by atoms with Crippen molar-refractivity contribution in [2.75, 3.05) is 0 Å². The molecule has 0 aliphatic heterocycles. The molecule has 8 fully saturated rings. The number of hydrogen-bond donors (Lipinski definition) is 0. The SMILES string of the molecule is C.C.C.C.C.C.C.CC(C)(C)C12CC3CC(CC(C3)C1)C2.CC(C)(C)C1C2CC3CC(C2)CC1C3.CC(C)(C)c1cc(-c2cccc(-c3cc(C(C)(C)C)cc(C(C)(C)C)c3)c2C(C)(C)C)cc(C(C)(C)C)c1.CC(C)(C)c1cccc(C(C)(C)C)c1C(C)(C)C.CCC(C)(C)C.CCCC(CC)CC(C)(C)C.Cc1cc(C)c(-c2ccccc2)c(C(C)(C)C)c1-c1ccccc1. The van der Waals surface area contributed by atoms with Gasteiger partial charge in [-0.1, -0.05) is 508 Å². The van der Waals surface area contributed by atoms with E-state index in [-0.39, 0.29) is 101 Å². The molecule has 0 heteroatoms. The highest BCUT2D eigenvalue weighted by Crippen LogP contribution is 2.66. The van der Waals surface area contributed by atoms with Crippen molar-refractivity contribution >= 4 is 0 Å². The molecule has 0 heterocycles. The average molecular weight is 1810 g/mol. The van der Waals surface area contributed by atoms with Crippen molar-refractivity contribution in [3.8, 4) is 44.5 Å². The molecule has 7 aromatic carbocycles. The summed E-state index contributed by atoms with van der Waals surface area (Å²) in [5.41, 5.74) is 30.3. The predicted octanol–water partition coefficient (Wildman–Crippen LogP) is 43.5. The van der Waals surface area contributed by atoms with Gasteiger partial charge in [0.15, 0.2) is 0 Å². The molecule has 0 amide bonds. The van der Waals surface area contributed by atoms with Crippen LogP contribution in [-0.2, 0) is 48.7 Å². The number of aryl methyl sites for hydroxylation is 2. The van der Waals surface area contributed by atoms with Crippen LogP contribution < -0.4 is 0 Å². The van der Waals surface area contributed by atoms with Gasteiger partial charge in [-0.15, -0.1) is 0 Å². The Morgan fingerprint density at radius 3 is 0.833 bits per heavy atom. The fraction of sp³-hybridized carbons (Fsp3) is 0.682. The highest BCUT2D eigenvalue weighted by Gasteiger charge is 2.56. The van der Waals surface area contributed by atoms with Crippen molar-refractivity contribution < 1.29 is 0 Å². The molecule has 8 aliphatic rings. The van der Waals surface area contributed by atoms with Gasteiger partial charge in [0.05, 0.1) is 0 Å². The standard InChI is InChI=1S/C38H54.C24H26.C18H30.2C14H24.C11H24.C6H14.7CH4/c1-34(2,3)27-19-25(20-28(23-27)35(4,5)6)31-17-16-18-32(33(31)38(13,14)15)26-21-29(36(7,8)9)24-30(22-26)37(10,11)12;1-17-16-18(2)22(20-14-10-7-11-15-20)23(24(3,4)5)21(17)19-12-8-6-9-13-19;1-16(2,3)13-11-10-12-14(17(4,5)6)15(13)18(7,8)9;1-13(2,3)14-7-10-4-11(8-14)6-12(5-10)9-14;1-14(2,3)13-11-5-9-4-10(7-11)8-12(13)6-9;1-6-8-10(7-2)9-11(3,4)5;1-5-6(2,3)4;;;;;;;/h16-24H,1-15H3;6-16H,1-5H3;10-12H,1-9H3;10-12H,4-9H2,1-3H3;9-13H,4-8H2,1-3H3;10H,6-9H2,1-5H3;5H2,1-4H3;7*1H4. The Kier molecular flexibility index (Phi) is 46.0. The molecule has 8 bridgehead atoms. The second-order valence-electron chi connectivity index (χ2n) is 55.2. The average Bonchev–Trinajstić information content (AvgIpc) is 0.730. The molecule has 0 N–H and O–H groups in total. The van der Waals surface area contributed by atoms with Gasteiger partial charge in [-0.05, 0) is 326 Å². The molecule has 1 atom stereocenters. The maximum Gasteiger partial charge on any atom is -0.0111 e. The number of benzene rings is 7. The zero-order valence-corrected chi connectivity index (χ0v) is 90.3. The van der Waals surface area contributed by atoms with Crippen LogP contribution in [0.1, 0.15) is 507 Å². The van der Waals surface area contributed by atoms with Crippen molar-refractivity contribution in [1.29, 1.82) is 0 Å². The summed E-state index contributed by atoms with van der Waals surface area (Å²) in [7, 11) is 0. The van der Waals surface area contributed by atoms with Crippen LogP contribution in [0.3, 0.4) is 0 Å². The Morgan fingerprint density at radius 2 is 0.591 bits per heavy atom. The minimum Gasteiger partial charge on any atom is -0.0776 e. The van der Waals surface area contributed by atoms with E-state index < -0.39 is 0 Å². The molecule has 132 heavy (non-hydrogen) atoms. The van der Waals surface area contributed by atoms with Crippen molar-refractivity contribution in [3.05, 3.63) is 201 Å². The molecule has 0 nitrogen and oxygen atoms in total. The second-order valence-corrected chi connectivity index (χ2v) is 55.2. The van der Waals surface area contributed by atoms with E-state index in [9.17, 15) is 0 Å². The van der Waals surface area contributed by atoms with E-state index in [0.717, 1.165) is 58.7 Å². The van der Waals surface area contributed by atoms with Gasteiger partial charge < -0.3 is 0 Å². The zero-order valence-electron chi connectivity index (χ0n) is 90.3. The fourth-order valence-electron chi connectivity index (χ4n) is 23.5. The van der Waals surface area contributed by atoms with Gasteiger partial charge in [-0.2, -0.15) is 0 Å². The van der Waals surface area contributed by atoms with Gasteiger partial charge >= 0.3 is 0 Å². The third-order valence-electron chi connectivity index (χ3n) is 29.9. The first kappa shape index (κ1) is 127. The van der Waals surface area contributed by atoms with Crippen LogP contribution >= 0.6 is 0 Å². The molecule has 7 aromatic rings. The number of rotatable bonds is 8. The van der Waals surface area contributed by atoms with Gasteiger partial charge in [-0.25, -0.2) is 0 Å². The molecule has 15 rings (SSSR count). The lowest BCUT2D eigenvalue weighted by atomic mass is 9.43. The molecular formula is C132H224. The first-order valence-corrected chi connectivity index (χ1v) is 50.7. The maximum atomic E-state index is 2.49. The van der Waals surface area contributed by atoms with Crippen molar-refractivity contribution in [3.63, 3.8) is 0 Å². The summed E-state index contributed by atoms with van der Waals surface area (Å²) in [4.78, 5) is 0. The summed E-state index contributed by atoms with van der Waals surface area (Å²) < 4.78 is 0. The fourth-order valence-corrected chi connectivity index (χ4v) is 23.5. The van der Waals surface area contributed by atoms with Crippen molar-refractivity contribution in [2.45, 2.75) is 508 Å². The lowest BCUT2D eigenvalue weighted by molar-refractivity contribution is -0.113. The van der Waals surface area contributed by atoms with Gasteiger partial charge in [0.2, 0.25) is 0 Å². The van der Waals surface area contributed by atoms with Crippen LogP contribution in [0.15, 0.2) is 140 Å². The minimum atomic E-state index is -0.0226. The van der Waals surface area contributed by atoms with E-state index in [4.69, 9.17) is 0 Å². The van der Waals surface area contributed by atoms with Crippen LogP contribution in [0.4, 0.5) is 0 Å². The Hall–Kier alpha value is -5.46. The molecule has 8 aliphatic carbocycles. The Labute approximate surface area is 828 Å². The van der Waals surface area contributed by atoms with Crippen molar-refractivity contribution in [2.24, 2.45) is 80.3 Å². The molecular weight excluding hydrogens is 1590 g/mol. The van der Waals surface area contributed by atoms with Crippen molar-refractivity contribution in [1.82, 2.24) is 0 Å². The van der Waals surface area contributed by atoms with Crippen LogP contribution in [0, 0.1) is 94.2 Å². The van der Waals surface area contributed by atoms with E-state index in [1.54, 1.807) is 70.6 Å². The molecule has 1 unspecified atom stereocenters. The Balaban J connectivity index is 0.00000160. The van der Waals surface area contributed by atoms with Gasteiger partial charge in [-0.3, -0.25) is 0 Å². The maximum absolute atomic E-state index is 2.49. The second kappa shape index (κ2) is 47.9. The van der Waals surface area contributed by atoms with E-state index in [1.807, 2.05) is 0 Å². The largest absolute Gasteiger partial charge is 0.0776 e. The van der Waals surface area contributed by atoms with Crippen LogP contribution in [0.2, 0.25) is 0 Å². The highest BCUT2D eigenvalue weighted by atomic mass is 14.6. The number of hydrogen-bond acceptors (Lipinski definition) is 0. The summed E-state index contributed by atoms with van der Waals surface area (Å²) in [6, 6.07) is 52.3. The van der Waals surface area contributed by atoms with E-state index in [0.29, 0.717) is 21.7 Å². The van der Waals surface area contributed by atoms with Gasteiger partial charge in [0.1, 0.15) is 0 Å². The lowest BCUT2D eigenvalue weighted by Gasteiger charge is -2.62. The molecule has 0 radical (unpaired) electrons. The monoisotopic (exact) mass is 1810 g/mol. The molecule has 0 saturated heterocycles. The molecule has 0 aromatic heterocycles. The summed E-state index contributed by atoms with van der Waals surface area (Å²) >= 11 is 0. The summed E-state index contributed by atoms with van der Waals surface area (Å²) in [5, 5.41) is 0. The third kappa shape index (κ3) is 34.3.